The first-order valence-electron chi connectivity index (χ1n) is 13.1. The van der Waals surface area contributed by atoms with E-state index in [9.17, 15) is 9.59 Å². The molecule has 0 aliphatic carbocycles. The second-order valence-corrected chi connectivity index (χ2v) is 11.4. The summed E-state index contributed by atoms with van der Waals surface area (Å²) in [5, 5.41) is 3.68. The normalized spacial score (nSPS) is 17.4. The summed E-state index contributed by atoms with van der Waals surface area (Å²) < 4.78 is 0. The number of likely N-dealkylation sites (tertiary alicyclic amines) is 1. The molecule has 2 amide bonds. The van der Waals surface area contributed by atoms with E-state index in [4.69, 9.17) is 11.6 Å². The summed E-state index contributed by atoms with van der Waals surface area (Å²) in [5.41, 5.74) is 3.07. The molecule has 38 heavy (non-hydrogen) atoms. The van der Waals surface area contributed by atoms with E-state index < -0.39 is 0 Å². The molecule has 5 nitrogen and oxygen atoms in total. The standard InChI is InChI=1S/C31H32ClN3O2S/c32-26-12-10-24(11-13-26)21-29-31(37)35(27-8-4-5-9-28(27)38-29)22-30(36)33-16-19-34-17-14-25(15-18-34)20-23-6-2-1-3-7-23/h1-13,21,25H,14-20,22H2,(H,33,36)/b29-21-. The monoisotopic (exact) mass is 545 g/mol. The van der Waals surface area contributed by atoms with E-state index in [2.05, 4.69) is 40.5 Å². The molecule has 0 unspecified atom stereocenters. The number of amides is 2. The van der Waals surface area contributed by atoms with Crippen LogP contribution in [0.4, 0.5) is 5.69 Å². The number of nitrogens with zero attached hydrogens (tertiary/aromatic N) is 2. The van der Waals surface area contributed by atoms with Crippen molar-refractivity contribution in [3.8, 4) is 0 Å². The first-order valence-corrected chi connectivity index (χ1v) is 14.3. The third-order valence-electron chi connectivity index (χ3n) is 7.13. The molecule has 5 rings (SSSR count). The SMILES string of the molecule is O=C(CN1C(=O)/C(=C/c2ccc(Cl)cc2)Sc2ccccc21)NCCN1CCC(Cc2ccccc2)CC1. The number of benzene rings is 3. The lowest BCUT2D eigenvalue weighted by molar-refractivity contribution is -0.122. The minimum absolute atomic E-state index is 0.00643. The van der Waals surface area contributed by atoms with Crippen molar-refractivity contribution < 1.29 is 9.59 Å². The van der Waals surface area contributed by atoms with Crippen molar-refractivity contribution in [2.75, 3.05) is 37.6 Å². The maximum Gasteiger partial charge on any atom is 0.265 e. The molecular formula is C31H32ClN3O2S. The second-order valence-electron chi connectivity index (χ2n) is 9.85. The number of rotatable bonds is 8. The number of carbonyl (C=O) groups is 2. The maximum absolute atomic E-state index is 13.4. The zero-order valence-corrected chi connectivity index (χ0v) is 22.9. The Labute approximate surface area is 233 Å². The minimum Gasteiger partial charge on any atom is -0.353 e. The largest absolute Gasteiger partial charge is 0.353 e. The van der Waals surface area contributed by atoms with Gasteiger partial charge in [0, 0.05) is 23.0 Å². The van der Waals surface area contributed by atoms with Crippen molar-refractivity contribution in [1.82, 2.24) is 10.2 Å². The Hall–Kier alpha value is -3.06. The smallest absolute Gasteiger partial charge is 0.265 e. The molecule has 7 heteroatoms. The number of para-hydroxylation sites is 1. The first kappa shape index (κ1) is 26.5. The van der Waals surface area contributed by atoms with E-state index in [0.717, 1.165) is 48.1 Å². The Kier molecular flexibility index (Phi) is 8.84. The van der Waals surface area contributed by atoms with Gasteiger partial charge in [0.1, 0.15) is 6.54 Å². The van der Waals surface area contributed by atoms with E-state index in [1.54, 1.807) is 17.0 Å². The van der Waals surface area contributed by atoms with Gasteiger partial charge in [-0.25, -0.2) is 0 Å². The van der Waals surface area contributed by atoms with Gasteiger partial charge in [-0.15, -0.1) is 0 Å². The van der Waals surface area contributed by atoms with Crippen molar-refractivity contribution in [2.45, 2.75) is 24.2 Å². The van der Waals surface area contributed by atoms with Crippen LogP contribution in [0.15, 0.2) is 88.7 Å². The van der Waals surface area contributed by atoms with Crippen LogP contribution < -0.4 is 10.2 Å². The molecular weight excluding hydrogens is 514 g/mol. The number of anilines is 1. The van der Waals surface area contributed by atoms with Gasteiger partial charge in [-0.1, -0.05) is 78.0 Å². The van der Waals surface area contributed by atoms with Crippen LogP contribution in [0.1, 0.15) is 24.0 Å². The highest BCUT2D eigenvalue weighted by atomic mass is 35.5. The molecule has 1 saturated heterocycles. The van der Waals surface area contributed by atoms with E-state index in [0.29, 0.717) is 16.5 Å². The van der Waals surface area contributed by atoms with Crippen molar-refractivity contribution in [3.63, 3.8) is 0 Å². The topological polar surface area (TPSA) is 52.7 Å². The number of hydrogen-bond acceptors (Lipinski definition) is 4. The number of thioether (sulfide) groups is 1. The number of piperidine rings is 1. The molecule has 3 aromatic carbocycles. The highest BCUT2D eigenvalue weighted by molar-refractivity contribution is 8.04. The Morgan fingerprint density at radius 1 is 0.974 bits per heavy atom. The summed E-state index contributed by atoms with van der Waals surface area (Å²) in [6.45, 7) is 3.51. The zero-order valence-electron chi connectivity index (χ0n) is 21.3. The van der Waals surface area contributed by atoms with Gasteiger partial charge in [-0.05, 0) is 79.7 Å². The molecule has 1 N–H and O–H groups in total. The second kappa shape index (κ2) is 12.7. The van der Waals surface area contributed by atoms with Gasteiger partial charge < -0.3 is 10.2 Å². The lowest BCUT2D eigenvalue weighted by Crippen LogP contribution is -2.45. The predicted octanol–water partition coefficient (Wildman–Crippen LogP) is 5.89. The Morgan fingerprint density at radius 2 is 1.68 bits per heavy atom. The van der Waals surface area contributed by atoms with E-state index in [-0.39, 0.29) is 18.4 Å². The van der Waals surface area contributed by atoms with Crippen molar-refractivity contribution in [3.05, 3.63) is 99.9 Å². The van der Waals surface area contributed by atoms with E-state index in [1.807, 2.05) is 42.5 Å². The zero-order chi connectivity index (χ0) is 26.3. The summed E-state index contributed by atoms with van der Waals surface area (Å²) in [6.07, 6.45) is 5.36. The van der Waals surface area contributed by atoms with Gasteiger partial charge in [0.05, 0.1) is 10.6 Å². The van der Waals surface area contributed by atoms with Crippen molar-refractivity contribution in [1.29, 1.82) is 0 Å². The minimum atomic E-state index is -0.167. The maximum atomic E-state index is 13.4. The van der Waals surface area contributed by atoms with Gasteiger partial charge in [-0.3, -0.25) is 14.5 Å². The van der Waals surface area contributed by atoms with Gasteiger partial charge in [0.15, 0.2) is 0 Å². The van der Waals surface area contributed by atoms with Crippen LogP contribution in [-0.2, 0) is 16.0 Å². The summed E-state index contributed by atoms with van der Waals surface area (Å²) in [4.78, 5) is 31.8. The third kappa shape index (κ3) is 6.87. The average Bonchev–Trinajstić information content (AvgIpc) is 2.94. The predicted molar refractivity (Wildman–Crippen MR) is 156 cm³/mol. The molecule has 2 aliphatic rings. The van der Waals surface area contributed by atoms with Gasteiger partial charge in [0.25, 0.3) is 5.91 Å². The van der Waals surface area contributed by atoms with E-state index in [1.165, 1.54) is 30.2 Å². The number of carbonyl (C=O) groups excluding carboxylic acids is 2. The molecule has 0 atom stereocenters. The molecule has 2 aliphatic heterocycles. The van der Waals surface area contributed by atoms with Crippen LogP contribution >= 0.6 is 23.4 Å². The number of nitrogens with one attached hydrogen (secondary N) is 1. The molecule has 0 spiro atoms. The molecule has 2 heterocycles. The molecule has 1 fully saturated rings. The van der Waals surface area contributed by atoms with Crippen LogP contribution in [0.25, 0.3) is 6.08 Å². The molecule has 3 aromatic rings. The van der Waals surface area contributed by atoms with Crippen LogP contribution in [0.2, 0.25) is 5.02 Å². The number of fused-ring (bicyclic) bond motifs is 1. The Bertz CT molecular complexity index is 1290. The highest BCUT2D eigenvalue weighted by Gasteiger charge is 2.30. The fraction of sp³-hybridized carbons (Fsp3) is 0.290. The molecule has 0 aromatic heterocycles. The number of halogens is 1. The average molecular weight is 546 g/mol. The fourth-order valence-corrected chi connectivity index (χ4v) is 6.23. The van der Waals surface area contributed by atoms with Gasteiger partial charge >= 0.3 is 0 Å². The van der Waals surface area contributed by atoms with Gasteiger partial charge in [0.2, 0.25) is 5.91 Å². The summed E-state index contributed by atoms with van der Waals surface area (Å²) >= 11 is 7.44. The molecule has 0 radical (unpaired) electrons. The quantitative estimate of drug-likeness (QED) is 0.359. The van der Waals surface area contributed by atoms with E-state index >= 15 is 0 Å². The summed E-state index contributed by atoms with van der Waals surface area (Å²) in [6, 6.07) is 25.8. The molecule has 196 valence electrons. The fourth-order valence-electron chi connectivity index (χ4n) is 5.04. The van der Waals surface area contributed by atoms with Crippen LogP contribution in [0.3, 0.4) is 0 Å². The van der Waals surface area contributed by atoms with Crippen LogP contribution in [0, 0.1) is 5.92 Å². The molecule has 0 bridgehead atoms. The summed E-state index contributed by atoms with van der Waals surface area (Å²) in [7, 11) is 0. The van der Waals surface area contributed by atoms with Crippen molar-refractivity contribution in [2.24, 2.45) is 5.92 Å². The van der Waals surface area contributed by atoms with Crippen LogP contribution in [0.5, 0.6) is 0 Å². The Morgan fingerprint density at radius 3 is 2.45 bits per heavy atom. The highest BCUT2D eigenvalue weighted by Crippen LogP contribution is 2.41. The van der Waals surface area contributed by atoms with Crippen molar-refractivity contribution >= 4 is 46.9 Å². The first-order chi connectivity index (χ1) is 18.5. The lowest BCUT2D eigenvalue weighted by atomic mass is 9.90. The summed E-state index contributed by atoms with van der Waals surface area (Å²) in [5.74, 6) is 0.408. The Balaban J connectivity index is 1.13. The third-order valence-corrected chi connectivity index (χ3v) is 8.46. The number of hydrogen-bond donors (Lipinski definition) is 1. The molecule has 0 saturated carbocycles. The van der Waals surface area contributed by atoms with Crippen LogP contribution in [-0.4, -0.2) is 49.4 Å². The lowest BCUT2D eigenvalue weighted by Gasteiger charge is -2.32. The van der Waals surface area contributed by atoms with Gasteiger partial charge in [-0.2, -0.15) is 0 Å².